The van der Waals surface area contributed by atoms with Crippen LogP contribution >= 0.6 is 0 Å². The molecule has 1 aromatic rings. The van der Waals surface area contributed by atoms with Crippen molar-refractivity contribution in [3.63, 3.8) is 0 Å². The number of hydrogen-bond acceptors (Lipinski definition) is 4. The number of benzene rings is 1. The van der Waals surface area contributed by atoms with Crippen LogP contribution in [-0.2, 0) is 4.79 Å². The number of nitrogens with one attached hydrogen (secondary N) is 1. The lowest BCUT2D eigenvalue weighted by molar-refractivity contribution is -0.137. The van der Waals surface area contributed by atoms with E-state index >= 15 is 0 Å². The number of nitrogens with zero attached hydrogens (tertiary/aromatic N) is 1. The minimum absolute atomic E-state index is 0.000346. The zero-order valence-corrected chi connectivity index (χ0v) is 15.6. The Balaban J connectivity index is 1.68. The van der Waals surface area contributed by atoms with Crippen LogP contribution in [0.15, 0.2) is 36.4 Å². The lowest BCUT2D eigenvalue weighted by atomic mass is 9.81. The van der Waals surface area contributed by atoms with Crippen LogP contribution < -0.4 is 15.2 Å². The fraction of sp³-hybridized carbons (Fsp3) is 0.571. The first-order valence-electron chi connectivity index (χ1n) is 9.72. The Labute approximate surface area is 156 Å². The highest BCUT2D eigenvalue weighted by molar-refractivity contribution is 5.66. The van der Waals surface area contributed by atoms with Crippen molar-refractivity contribution < 1.29 is 14.6 Å². The molecule has 1 saturated carbocycles. The molecule has 2 N–H and O–H groups in total. The van der Waals surface area contributed by atoms with Crippen molar-refractivity contribution >= 4 is 11.7 Å². The number of unbranched alkanes of at least 4 members (excludes halogenated alkanes) is 1. The van der Waals surface area contributed by atoms with Gasteiger partial charge in [0.2, 0.25) is 0 Å². The standard InChI is InChI=1S/C21H30N2O3/c1-26-19-12-10-18(11-13-19)23-16-15-21(22-23,17-7-4-5-8-17)14-6-2-3-9-20(24)25/h6,10-14,17,22H,2-5,7-9,15-16H2,1H3,(H,24,25)/b14-6-. The Morgan fingerprint density at radius 3 is 2.73 bits per heavy atom. The molecule has 142 valence electrons. The van der Waals surface area contributed by atoms with Crippen LogP contribution in [0.5, 0.6) is 5.75 Å². The SMILES string of the molecule is COc1ccc(N2CCC(/C=C\CCCC(=O)O)(C3CCCC3)N2)cc1. The lowest BCUT2D eigenvalue weighted by Crippen LogP contribution is -2.49. The van der Waals surface area contributed by atoms with E-state index in [-0.39, 0.29) is 12.0 Å². The second-order valence-electron chi connectivity index (χ2n) is 7.42. The lowest BCUT2D eigenvalue weighted by Gasteiger charge is -2.34. The molecule has 1 atom stereocenters. The largest absolute Gasteiger partial charge is 0.497 e. The first kappa shape index (κ1) is 18.8. The first-order valence-corrected chi connectivity index (χ1v) is 9.72. The highest BCUT2D eigenvalue weighted by atomic mass is 16.5. The number of hydrazine groups is 1. The van der Waals surface area contributed by atoms with Gasteiger partial charge in [-0.3, -0.25) is 4.79 Å². The van der Waals surface area contributed by atoms with E-state index in [0.29, 0.717) is 12.3 Å². The van der Waals surface area contributed by atoms with Crippen LogP contribution in [-0.4, -0.2) is 30.3 Å². The highest BCUT2D eigenvalue weighted by Crippen LogP contribution is 2.40. The maximum absolute atomic E-state index is 10.7. The number of ether oxygens (including phenoxy) is 1. The summed E-state index contributed by atoms with van der Waals surface area (Å²) in [4.78, 5) is 10.7. The van der Waals surface area contributed by atoms with Gasteiger partial charge in [0.25, 0.3) is 0 Å². The third-order valence-corrected chi connectivity index (χ3v) is 5.74. The molecule has 0 amide bonds. The fourth-order valence-corrected chi connectivity index (χ4v) is 4.27. The Morgan fingerprint density at radius 2 is 2.08 bits per heavy atom. The number of aliphatic carboxylic acids is 1. The third-order valence-electron chi connectivity index (χ3n) is 5.74. The molecule has 1 aliphatic heterocycles. The minimum Gasteiger partial charge on any atom is -0.497 e. The average Bonchev–Trinajstić information content (AvgIpc) is 3.32. The molecule has 5 nitrogen and oxygen atoms in total. The van der Waals surface area contributed by atoms with Gasteiger partial charge in [0.15, 0.2) is 0 Å². The van der Waals surface area contributed by atoms with Gasteiger partial charge in [-0.15, -0.1) is 0 Å². The predicted octanol–water partition coefficient (Wildman–Crippen LogP) is 4.15. The Hall–Kier alpha value is -2.01. The quantitative estimate of drug-likeness (QED) is 0.540. The van der Waals surface area contributed by atoms with Crippen molar-refractivity contribution in [2.24, 2.45) is 5.92 Å². The Morgan fingerprint density at radius 1 is 1.35 bits per heavy atom. The van der Waals surface area contributed by atoms with Crippen LogP contribution in [0.25, 0.3) is 0 Å². The smallest absolute Gasteiger partial charge is 0.303 e. The summed E-state index contributed by atoms with van der Waals surface area (Å²) in [6.45, 7) is 0.974. The van der Waals surface area contributed by atoms with Gasteiger partial charge in [0.1, 0.15) is 5.75 Å². The van der Waals surface area contributed by atoms with Crippen molar-refractivity contribution in [2.45, 2.75) is 56.9 Å². The summed E-state index contributed by atoms with van der Waals surface area (Å²) in [5, 5.41) is 11.0. The number of carboxylic acid groups (broad SMARTS) is 1. The number of carboxylic acids is 1. The molecule has 1 aliphatic carbocycles. The molecule has 0 aromatic heterocycles. The van der Waals surface area contributed by atoms with Gasteiger partial charge in [-0.05, 0) is 62.3 Å². The molecule has 0 radical (unpaired) electrons. The maximum Gasteiger partial charge on any atom is 0.303 e. The van der Waals surface area contributed by atoms with Crippen molar-refractivity contribution in [1.29, 1.82) is 0 Å². The van der Waals surface area contributed by atoms with Gasteiger partial charge >= 0.3 is 5.97 Å². The monoisotopic (exact) mass is 358 g/mol. The van der Waals surface area contributed by atoms with Crippen LogP contribution in [0.4, 0.5) is 5.69 Å². The molecule has 26 heavy (non-hydrogen) atoms. The van der Waals surface area contributed by atoms with Crippen molar-refractivity contribution in [2.75, 3.05) is 18.7 Å². The Bertz CT molecular complexity index is 623. The van der Waals surface area contributed by atoms with Gasteiger partial charge in [-0.2, -0.15) is 0 Å². The predicted molar refractivity (Wildman–Crippen MR) is 103 cm³/mol. The first-order chi connectivity index (χ1) is 12.6. The molecular formula is C21H30N2O3. The van der Waals surface area contributed by atoms with Gasteiger partial charge in [0.05, 0.1) is 18.3 Å². The zero-order valence-electron chi connectivity index (χ0n) is 15.6. The summed E-state index contributed by atoms with van der Waals surface area (Å²) < 4.78 is 5.26. The van der Waals surface area contributed by atoms with Gasteiger partial charge in [-0.25, -0.2) is 5.43 Å². The van der Waals surface area contributed by atoms with Gasteiger partial charge in [-0.1, -0.05) is 25.0 Å². The molecule has 5 heteroatoms. The second-order valence-corrected chi connectivity index (χ2v) is 7.42. The van der Waals surface area contributed by atoms with Crippen LogP contribution in [0.3, 0.4) is 0 Å². The number of methoxy groups -OCH3 is 1. The second kappa shape index (κ2) is 8.58. The van der Waals surface area contributed by atoms with Crippen LogP contribution in [0.2, 0.25) is 0 Å². The van der Waals surface area contributed by atoms with Crippen LogP contribution in [0.1, 0.15) is 51.4 Å². The molecule has 1 heterocycles. The maximum atomic E-state index is 10.7. The molecule has 1 aromatic carbocycles. The Kier molecular flexibility index (Phi) is 6.20. The molecule has 1 unspecified atom stereocenters. The molecule has 0 bridgehead atoms. The van der Waals surface area contributed by atoms with E-state index in [9.17, 15) is 4.79 Å². The van der Waals surface area contributed by atoms with E-state index in [2.05, 4.69) is 34.7 Å². The number of hydrogen-bond donors (Lipinski definition) is 2. The number of allylic oxidation sites excluding steroid dienone is 1. The molecule has 2 aliphatic rings. The average molecular weight is 358 g/mol. The minimum atomic E-state index is -0.714. The van der Waals surface area contributed by atoms with Gasteiger partial charge < -0.3 is 14.9 Å². The summed E-state index contributed by atoms with van der Waals surface area (Å²) in [6, 6.07) is 8.17. The van der Waals surface area contributed by atoms with Crippen molar-refractivity contribution in [1.82, 2.24) is 5.43 Å². The highest BCUT2D eigenvalue weighted by Gasteiger charge is 2.43. The zero-order chi connectivity index (χ0) is 18.4. The van der Waals surface area contributed by atoms with Crippen molar-refractivity contribution in [3.05, 3.63) is 36.4 Å². The van der Waals surface area contributed by atoms with Crippen LogP contribution in [0, 0.1) is 5.92 Å². The number of anilines is 1. The number of rotatable bonds is 8. The molecule has 0 spiro atoms. The molecular weight excluding hydrogens is 328 g/mol. The van der Waals surface area contributed by atoms with E-state index in [1.807, 2.05) is 12.1 Å². The van der Waals surface area contributed by atoms with E-state index in [4.69, 9.17) is 9.84 Å². The molecule has 1 saturated heterocycles. The van der Waals surface area contributed by atoms with E-state index in [1.165, 1.54) is 25.7 Å². The van der Waals surface area contributed by atoms with Gasteiger partial charge in [0, 0.05) is 13.0 Å². The summed E-state index contributed by atoms with van der Waals surface area (Å²) in [5.41, 5.74) is 4.95. The molecule has 2 fully saturated rings. The molecule has 3 rings (SSSR count). The van der Waals surface area contributed by atoms with E-state index < -0.39 is 5.97 Å². The van der Waals surface area contributed by atoms with E-state index in [1.54, 1.807) is 7.11 Å². The summed E-state index contributed by atoms with van der Waals surface area (Å²) in [7, 11) is 1.68. The summed E-state index contributed by atoms with van der Waals surface area (Å²) >= 11 is 0. The fourth-order valence-electron chi connectivity index (χ4n) is 4.27. The topological polar surface area (TPSA) is 61.8 Å². The normalized spacial score (nSPS) is 23.8. The summed E-state index contributed by atoms with van der Waals surface area (Å²) in [5.74, 6) is 0.809. The third kappa shape index (κ3) is 4.39. The summed E-state index contributed by atoms with van der Waals surface area (Å²) in [6.07, 6.45) is 12.5. The van der Waals surface area contributed by atoms with Crippen molar-refractivity contribution in [3.8, 4) is 5.75 Å². The van der Waals surface area contributed by atoms with E-state index in [0.717, 1.165) is 30.8 Å². The number of carbonyl (C=O) groups is 1.